The van der Waals surface area contributed by atoms with E-state index < -0.39 is 10.7 Å². The van der Waals surface area contributed by atoms with Gasteiger partial charge in [-0.3, -0.25) is 10.1 Å². The maximum absolute atomic E-state index is 13.0. The summed E-state index contributed by atoms with van der Waals surface area (Å²) in [6.45, 7) is 1.98. The van der Waals surface area contributed by atoms with Crippen LogP contribution in [0.2, 0.25) is 0 Å². The van der Waals surface area contributed by atoms with Gasteiger partial charge in [-0.05, 0) is 18.6 Å². The number of nitro groups is 1. The molecule has 1 rings (SSSR count). The van der Waals surface area contributed by atoms with Gasteiger partial charge in [0, 0.05) is 29.2 Å². The number of nitro benzene ring substituents is 1. The quantitative estimate of drug-likeness (QED) is 0.629. The van der Waals surface area contributed by atoms with Crippen LogP contribution in [0.4, 0.5) is 10.1 Å². The molecule has 0 aliphatic carbocycles. The van der Waals surface area contributed by atoms with Crippen LogP contribution in [0.15, 0.2) is 18.2 Å². The molecule has 94 valence electrons. The average molecular weight is 258 g/mol. The van der Waals surface area contributed by atoms with E-state index in [4.69, 9.17) is 5.73 Å². The third kappa shape index (κ3) is 4.32. The average Bonchev–Trinajstić information content (AvgIpc) is 2.28. The standard InChI is InChI=1S/C11H15FN2O2S/c1-2-10(13)7-17-6-8-5-9(12)3-4-11(8)14(15)16/h3-5,10H,2,6-7,13H2,1H3. The van der Waals surface area contributed by atoms with Gasteiger partial charge in [-0.1, -0.05) is 6.92 Å². The summed E-state index contributed by atoms with van der Waals surface area (Å²) in [6, 6.07) is 3.59. The van der Waals surface area contributed by atoms with E-state index in [1.165, 1.54) is 23.9 Å². The van der Waals surface area contributed by atoms with E-state index in [-0.39, 0.29) is 11.7 Å². The normalized spacial score (nSPS) is 12.4. The van der Waals surface area contributed by atoms with E-state index in [1.54, 1.807) is 0 Å². The fourth-order valence-electron chi connectivity index (χ4n) is 1.29. The van der Waals surface area contributed by atoms with Crippen LogP contribution in [0, 0.1) is 15.9 Å². The topological polar surface area (TPSA) is 69.2 Å². The van der Waals surface area contributed by atoms with Crippen LogP contribution in [0.25, 0.3) is 0 Å². The molecule has 1 atom stereocenters. The second-order valence-corrected chi connectivity index (χ2v) is 4.74. The van der Waals surface area contributed by atoms with Gasteiger partial charge in [0.1, 0.15) is 5.82 Å². The molecular weight excluding hydrogens is 243 g/mol. The Kier molecular flexibility index (Phi) is 5.37. The summed E-state index contributed by atoms with van der Waals surface area (Å²) in [5.41, 5.74) is 6.10. The number of rotatable bonds is 6. The molecule has 4 nitrogen and oxygen atoms in total. The zero-order chi connectivity index (χ0) is 12.8. The molecule has 17 heavy (non-hydrogen) atoms. The van der Waals surface area contributed by atoms with Gasteiger partial charge in [0.15, 0.2) is 0 Å². The predicted octanol–water partition coefficient (Wildman–Crippen LogP) is 2.70. The van der Waals surface area contributed by atoms with Crippen LogP contribution in [0.5, 0.6) is 0 Å². The van der Waals surface area contributed by atoms with Crippen LogP contribution in [-0.4, -0.2) is 16.7 Å². The number of nitrogens with two attached hydrogens (primary N) is 1. The fourth-order valence-corrected chi connectivity index (χ4v) is 2.39. The molecular formula is C11H15FN2O2S. The lowest BCUT2D eigenvalue weighted by Crippen LogP contribution is -2.21. The summed E-state index contributed by atoms with van der Waals surface area (Å²) in [6.07, 6.45) is 0.859. The molecule has 0 amide bonds. The molecule has 0 radical (unpaired) electrons. The first-order valence-electron chi connectivity index (χ1n) is 5.30. The van der Waals surface area contributed by atoms with Gasteiger partial charge in [-0.2, -0.15) is 11.8 Å². The van der Waals surface area contributed by atoms with Crippen LogP contribution in [-0.2, 0) is 5.75 Å². The highest BCUT2D eigenvalue weighted by atomic mass is 32.2. The van der Waals surface area contributed by atoms with Gasteiger partial charge in [0.2, 0.25) is 0 Å². The summed E-state index contributed by atoms with van der Waals surface area (Å²) in [7, 11) is 0. The molecule has 1 aromatic carbocycles. The minimum Gasteiger partial charge on any atom is -0.327 e. The summed E-state index contributed by atoms with van der Waals surface area (Å²) >= 11 is 1.48. The second-order valence-electron chi connectivity index (χ2n) is 3.71. The van der Waals surface area contributed by atoms with Gasteiger partial charge < -0.3 is 5.73 Å². The van der Waals surface area contributed by atoms with Gasteiger partial charge in [0.05, 0.1) is 4.92 Å². The SMILES string of the molecule is CCC(N)CSCc1cc(F)ccc1[N+](=O)[O-]. The Morgan fingerprint density at radius 3 is 2.88 bits per heavy atom. The lowest BCUT2D eigenvalue weighted by atomic mass is 10.2. The molecule has 6 heteroatoms. The molecule has 0 aliphatic rings. The summed E-state index contributed by atoms with van der Waals surface area (Å²) in [5, 5.41) is 10.7. The minimum atomic E-state index is -0.491. The Morgan fingerprint density at radius 1 is 1.59 bits per heavy atom. The van der Waals surface area contributed by atoms with E-state index in [1.807, 2.05) is 6.92 Å². The molecule has 0 saturated heterocycles. The molecule has 0 spiro atoms. The zero-order valence-corrected chi connectivity index (χ0v) is 10.4. The van der Waals surface area contributed by atoms with Gasteiger partial charge >= 0.3 is 0 Å². The Labute approximate surface area is 104 Å². The van der Waals surface area contributed by atoms with E-state index in [0.29, 0.717) is 17.1 Å². The monoisotopic (exact) mass is 258 g/mol. The second kappa shape index (κ2) is 6.56. The predicted molar refractivity (Wildman–Crippen MR) is 67.5 cm³/mol. The van der Waals surface area contributed by atoms with Gasteiger partial charge in [-0.15, -0.1) is 0 Å². The summed E-state index contributed by atoms with van der Waals surface area (Å²) in [5.74, 6) is 0.664. The third-order valence-corrected chi connectivity index (χ3v) is 3.53. The van der Waals surface area contributed by atoms with Crippen molar-refractivity contribution in [3.8, 4) is 0 Å². The van der Waals surface area contributed by atoms with E-state index >= 15 is 0 Å². The Balaban J connectivity index is 2.68. The van der Waals surface area contributed by atoms with Crippen LogP contribution < -0.4 is 5.73 Å². The zero-order valence-electron chi connectivity index (χ0n) is 9.56. The largest absolute Gasteiger partial charge is 0.327 e. The van der Waals surface area contributed by atoms with E-state index in [0.717, 1.165) is 12.5 Å². The highest BCUT2D eigenvalue weighted by Crippen LogP contribution is 2.24. The molecule has 0 fully saturated rings. The van der Waals surface area contributed by atoms with E-state index in [9.17, 15) is 14.5 Å². The molecule has 0 aromatic heterocycles. The molecule has 0 heterocycles. The van der Waals surface area contributed by atoms with Crippen LogP contribution in [0.1, 0.15) is 18.9 Å². The van der Waals surface area contributed by atoms with Crippen molar-refractivity contribution in [2.45, 2.75) is 25.1 Å². The number of hydrogen-bond donors (Lipinski definition) is 1. The summed E-state index contributed by atoms with van der Waals surface area (Å²) in [4.78, 5) is 10.2. The first-order chi connectivity index (χ1) is 8.04. The molecule has 0 saturated carbocycles. The molecule has 0 aliphatic heterocycles. The lowest BCUT2D eigenvalue weighted by Gasteiger charge is -2.08. The third-order valence-electron chi connectivity index (χ3n) is 2.35. The number of nitrogens with zero attached hydrogens (tertiary/aromatic N) is 1. The van der Waals surface area contributed by atoms with Crippen molar-refractivity contribution in [3.63, 3.8) is 0 Å². The Hall–Kier alpha value is -1.14. The first kappa shape index (κ1) is 13.9. The van der Waals surface area contributed by atoms with Gasteiger partial charge in [-0.25, -0.2) is 4.39 Å². The summed E-state index contributed by atoms with van der Waals surface area (Å²) < 4.78 is 13.0. The highest BCUT2D eigenvalue weighted by molar-refractivity contribution is 7.98. The van der Waals surface area contributed by atoms with Crippen molar-refractivity contribution in [1.82, 2.24) is 0 Å². The van der Waals surface area contributed by atoms with Crippen molar-refractivity contribution in [1.29, 1.82) is 0 Å². The number of halogens is 1. The number of thioether (sulfide) groups is 1. The van der Waals surface area contributed by atoms with Crippen LogP contribution in [0.3, 0.4) is 0 Å². The smallest absolute Gasteiger partial charge is 0.273 e. The van der Waals surface area contributed by atoms with Crippen molar-refractivity contribution < 1.29 is 9.31 Å². The molecule has 0 bridgehead atoms. The first-order valence-corrected chi connectivity index (χ1v) is 6.46. The van der Waals surface area contributed by atoms with Crippen molar-refractivity contribution in [3.05, 3.63) is 39.7 Å². The lowest BCUT2D eigenvalue weighted by molar-refractivity contribution is -0.385. The van der Waals surface area contributed by atoms with Crippen molar-refractivity contribution >= 4 is 17.4 Å². The van der Waals surface area contributed by atoms with Gasteiger partial charge in [0.25, 0.3) is 5.69 Å². The Morgan fingerprint density at radius 2 is 2.29 bits per heavy atom. The minimum absolute atomic E-state index is 0.0380. The highest BCUT2D eigenvalue weighted by Gasteiger charge is 2.14. The number of benzene rings is 1. The van der Waals surface area contributed by atoms with Crippen LogP contribution >= 0.6 is 11.8 Å². The van der Waals surface area contributed by atoms with Crippen molar-refractivity contribution in [2.24, 2.45) is 5.73 Å². The molecule has 1 unspecified atom stereocenters. The van der Waals surface area contributed by atoms with E-state index in [2.05, 4.69) is 0 Å². The number of hydrogen-bond acceptors (Lipinski definition) is 4. The van der Waals surface area contributed by atoms with Crippen molar-refractivity contribution in [2.75, 3.05) is 5.75 Å². The Bertz CT molecular complexity index is 401. The molecule has 2 N–H and O–H groups in total. The fraction of sp³-hybridized carbons (Fsp3) is 0.455. The molecule has 1 aromatic rings. The maximum atomic E-state index is 13.0. The maximum Gasteiger partial charge on any atom is 0.273 e.